The van der Waals surface area contributed by atoms with Gasteiger partial charge in [0, 0.05) is 19.6 Å². The first-order chi connectivity index (χ1) is 7.83. The average molecular weight is 218 g/mol. The van der Waals surface area contributed by atoms with Crippen molar-refractivity contribution in [3.63, 3.8) is 0 Å². The van der Waals surface area contributed by atoms with E-state index in [2.05, 4.69) is 40.5 Å². The fraction of sp³-hybridized carbons (Fsp3) is 0.571. The van der Waals surface area contributed by atoms with Crippen LogP contribution in [0.3, 0.4) is 0 Å². The van der Waals surface area contributed by atoms with Crippen LogP contribution in [0.4, 0.5) is 0 Å². The predicted molar refractivity (Wildman–Crippen MR) is 68.3 cm³/mol. The summed E-state index contributed by atoms with van der Waals surface area (Å²) in [6, 6.07) is 10.8. The molecule has 1 saturated heterocycles. The minimum atomic E-state index is 1.06. The third kappa shape index (κ3) is 3.06. The Bertz CT molecular complexity index is 300. The van der Waals surface area contributed by atoms with Gasteiger partial charge in [0.15, 0.2) is 0 Å². The van der Waals surface area contributed by atoms with E-state index >= 15 is 0 Å². The fourth-order valence-corrected chi connectivity index (χ4v) is 2.47. The third-order valence-electron chi connectivity index (χ3n) is 3.30. The second-order valence-corrected chi connectivity index (χ2v) is 4.94. The first kappa shape index (κ1) is 11.6. The van der Waals surface area contributed by atoms with E-state index in [0.717, 1.165) is 18.4 Å². The maximum Gasteiger partial charge on any atom is 0.0233 e. The Morgan fingerprint density at radius 1 is 1.12 bits per heavy atom. The first-order valence-electron chi connectivity index (χ1n) is 6.18. The highest BCUT2D eigenvalue weighted by Crippen LogP contribution is 2.45. The van der Waals surface area contributed by atoms with Crippen molar-refractivity contribution in [2.24, 2.45) is 11.8 Å². The number of nitrogens with one attached hydrogen (secondary N) is 1. The van der Waals surface area contributed by atoms with Crippen molar-refractivity contribution in [1.82, 2.24) is 10.2 Å². The highest BCUT2D eigenvalue weighted by molar-refractivity contribution is 5.15. The van der Waals surface area contributed by atoms with Gasteiger partial charge in [-0.1, -0.05) is 30.3 Å². The van der Waals surface area contributed by atoms with Crippen LogP contribution in [0.5, 0.6) is 0 Å². The molecule has 1 aromatic rings. The quantitative estimate of drug-likeness (QED) is 0.816. The van der Waals surface area contributed by atoms with Gasteiger partial charge in [-0.2, -0.15) is 0 Å². The molecule has 0 bridgehead atoms. The molecule has 0 radical (unpaired) electrons. The Hall–Kier alpha value is -0.860. The van der Waals surface area contributed by atoms with Gasteiger partial charge in [-0.3, -0.25) is 4.90 Å². The number of fused-ring (bicyclic) bond motifs is 1. The van der Waals surface area contributed by atoms with Crippen molar-refractivity contribution < 1.29 is 0 Å². The maximum atomic E-state index is 2.75. The number of piperidine rings is 1. The van der Waals surface area contributed by atoms with Gasteiger partial charge in [0.05, 0.1) is 0 Å². The Morgan fingerprint density at radius 2 is 1.69 bits per heavy atom. The van der Waals surface area contributed by atoms with Gasteiger partial charge in [-0.05, 0) is 37.9 Å². The van der Waals surface area contributed by atoms with Crippen molar-refractivity contribution in [1.29, 1.82) is 0 Å². The maximum absolute atomic E-state index is 2.75. The van der Waals surface area contributed by atoms with Gasteiger partial charge >= 0.3 is 0 Å². The summed E-state index contributed by atoms with van der Waals surface area (Å²) >= 11 is 0. The van der Waals surface area contributed by atoms with Crippen LogP contribution < -0.4 is 5.32 Å². The summed E-state index contributed by atoms with van der Waals surface area (Å²) in [7, 11) is 3.75. The molecule has 16 heavy (non-hydrogen) atoms. The highest BCUT2D eigenvalue weighted by atomic mass is 15.2. The lowest BCUT2D eigenvalue weighted by atomic mass is 10.2. The zero-order valence-electron chi connectivity index (χ0n) is 10.3. The van der Waals surface area contributed by atoms with E-state index in [-0.39, 0.29) is 0 Å². The molecule has 1 aliphatic heterocycles. The molecule has 88 valence electrons. The molecule has 1 heterocycles. The van der Waals surface area contributed by atoms with Crippen LogP contribution in [0.15, 0.2) is 30.3 Å². The lowest BCUT2D eigenvalue weighted by Crippen LogP contribution is -2.21. The molecule has 2 unspecified atom stereocenters. The molecular formula is C14H22N2. The van der Waals surface area contributed by atoms with Gasteiger partial charge in [0.2, 0.25) is 0 Å². The van der Waals surface area contributed by atoms with Crippen molar-refractivity contribution in [3.05, 3.63) is 35.9 Å². The smallest absolute Gasteiger partial charge is 0.0233 e. The molecule has 3 rings (SSSR count). The van der Waals surface area contributed by atoms with Crippen LogP contribution in [-0.4, -0.2) is 32.1 Å². The molecule has 1 aliphatic carbocycles. The summed E-state index contributed by atoms with van der Waals surface area (Å²) in [5, 5.41) is 2.75. The number of hydrogen-bond donors (Lipinski definition) is 1. The van der Waals surface area contributed by atoms with Crippen molar-refractivity contribution in [2.75, 3.05) is 27.2 Å². The Balaban J connectivity index is 0.000000292. The number of benzene rings is 1. The molecule has 1 saturated carbocycles. The van der Waals surface area contributed by atoms with E-state index < -0.39 is 0 Å². The summed E-state index contributed by atoms with van der Waals surface area (Å²) in [4.78, 5) is 2.59. The second kappa shape index (κ2) is 5.46. The van der Waals surface area contributed by atoms with Crippen molar-refractivity contribution >= 4 is 0 Å². The van der Waals surface area contributed by atoms with Gasteiger partial charge in [0.1, 0.15) is 0 Å². The highest BCUT2D eigenvalue weighted by Gasteiger charge is 2.44. The molecule has 2 aliphatic rings. The number of likely N-dealkylation sites (tertiary alicyclic amines) is 1. The molecule has 0 spiro atoms. The van der Waals surface area contributed by atoms with Crippen LogP contribution in [0, 0.1) is 11.8 Å². The van der Waals surface area contributed by atoms with Gasteiger partial charge in [-0.15, -0.1) is 0 Å². The molecule has 2 atom stereocenters. The Labute approximate surface area is 98.7 Å². The van der Waals surface area contributed by atoms with Crippen molar-refractivity contribution in [2.45, 2.75) is 13.0 Å². The van der Waals surface area contributed by atoms with Crippen LogP contribution in [0.1, 0.15) is 12.0 Å². The van der Waals surface area contributed by atoms with E-state index in [1.54, 1.807) is 0 Å². The molecule has 0 amide bonds. The number of rotatable bonds is 2. The van der Waals surface area contributed by atoms with Crippen LogP contribution >= 0.6 is 0 Å². The van der Waals surface area contributed by atoms with Crippen LogP contribution in [0.2, 0.25) is 0 Å². The topological polar surface area (TPSA) is 15.3 Å². The van der Waals surface area contributed by atoms with E-state index in [1.807, 2.05) is 14.1 Å². The van der Waals surface area contributed by atoms with Crippen molar-refractivity contribution in [3.8, 4) is 0 Å². The van der Waals surface area contributed by atoms with E-state index in [4.69, 9.17) is 0 Å². The Morgan fingerprint density at radius 3 is 2.25 bits per heavy atom. The summed E-state index contributed by atoms with van der Waals surface area (Å²) in [5.41, 5.74) is 1.46. The first-order valence-corrected chi connectivity index (χ1v) is 6.18. The van der Waals surface area contributed by atoms with E-state index in [0.29, 0.717) is 0 Å². The van der Waals surface area contributed by atoms with E-state index in [1.165, 1.54) is 25.1 Å². The van der Waals surface area contributed by atoms with Gasteiger partial charge < -0.3 is 5.32 Å². The average Bonchev–Trinajstić information content (AvgIpc) is 2.89. The standard InChI is InChI=1S/C12H15N.C2H7N/c1-2-4-10(5-3-1)7-13-8-11-6-12(11)9-13;1-3-2/h1-5,11-12H,6-9H2;3H,1-2H3. The monoisotopic (exact) mass is 218 g/mol. The van der Waals surface area contributed by atoms with Gasteiger partial charge in [0.25, 0.3) is 0 Å². The number of nitrogens with zero attached hydrogens (tertiary/aromatic N) is 1. The molecule has 2 heteroatoms. The molecule has 0 aromatic heterocycles. The summed E-state index contributed by atoms with van der Waals surface area (Å²) in [6.07, 6.45) is 1.51. The molecule has 2 nitrogen and oxygen atoms in total. The zero-order valence-corrected chi connectivity index (χ0v) is 10.3. The SMILES string of the molecule is CNC.c1ccc(CN2CC3CC3C2)cc1. The van der Waals surface area contributed by atoms with Crippen LogP contribution in [-0.2, 0) is 6.54 Å². The van der Waals surface area contributed by atoms with E-state index in [9.17, 15) is 0 Å². The van der Waals surface area contributed by atoms with Gasteiger partial charge in [-0.25, -0.2) is 0 Å². The fourth-order valence-electron chi connectivity index (χ4n) is 2.47. The molecule has 1 aromatic carbocycles. The summed E-state index contributed by atoms with van der Waals surface area (Å²) in [5.74, 6) is 2.12. The molecular weight excluding hydrogens is 196 g/mol. The number of hydrogen-bond acceptors (Lipinski definition) is 2. The minimum absolute atomic E-state index is 1.06. The lowest BCUT2D eigenvalue weighted by Gasteiger charge is -2.16. The molecule has 2 fully saturated rings. The second-order valence-electron chi connectivity index (χ2n) is 4.94. The van der Waals surface area contributed by atoms with Crippen LogP contribution in [0.25, 0.3) is 0 Å². The third-order valence-corrected chi connectivity index (χ3v) is 3.30. The lowest BCUT2D eigenvalue weighted by molar-refractivity contribution is 0.297. The minimum Gasteiger partial charge on any atom is -0.323 e. The summed E-state index contributed by atoms with van der Waals surface area (Å²) < 4.78 is 0. The predicted octanol–water partition coefficient (Wildman–Crippen LogP) is 1.97. The Kier molecular flexibility index (Phi) is 3.97. The normalized spacial score (nSPS) is 26.9. The largest absolute Gasteiger partial charge is 0.323 e. The zero-order chi connectivity index (χ0) is 11.4. The molecule has 1 N–H and O–H groups in total. The summed E-state index contributed by atoms with van der Waals surface area (Å²) in [6.45, 7) is 3.85.